The molecular formula is C12H20N2O5. The Morgan fingerprint density at radius 1 is 1.37 bits per heavy atom. The maximum absolute atomic E-state index is 12.0. The lowest BCUT2D eigenvalue weighted by atomic mass is 9.99. The molecule has 0 aromatic heterocycles. The van der Waals surface area contributed by atoms with E-state index in [2.05, 4.69) is 0 Å². The summed E-state index contributed by atoms with van der Waals surface area (Å²) in [5, 5.41) is 10.4. The molecule has 7 heteroatoms. The molecule has 1 aliphatic rings. The maximum atomic E-state index is 12.0. The summed E-state index contributed by atoms with van der Waals surface area (Å²) < 4.78 is 5.23. The van der Waals surface area contributed by atoms with E-state index in [9.17, 15) is 19.7 Å². The molecule has 0 aliphatic carbocycles. The van der Waals surface area contributed by atoms with Crippen LogP contribution in [0.1, 0.15) is 40.0 Å². The number of hydrogen-bond donors (Lipinski definition) is 0. The van der Waals surface area contributed by atoms with Crippen LogP contribution in [0.3, 0.4) is 0 Å². The van der Waals surface area contributed by atoms with Crippen LogP contribution < -0.4 is 0 Å². The van der Waals surface area contributed by atoms with Crippen LogP contribution in [0.4, 0.5) is 4.79 Å². The maximum Gasteiger partial charge on any atom is 0.410 e. The van der Waals surface area contributed by atoms with Crippen LogP contribution in [0, 0.1) is 10.1 Å². The molecule has 0 radical (unpaired) electrons. The van der Waals surface area contributed by atoms with Crippen molar-refractivity contribution in [2.75, 3.05) is 13.1 Å². The van der Waals surface area contributed by atoms with Crippen LogP contribution in [0.2, 0.25) is 0 Å². The molecule has 0 N–H and O–H groups in total. The van der Waals surface area contributed by atoms with E-state index in [-0.39, 0.29) is 0 Å². The van der Waals surface area contributed by atoms with Crippen molar-refractivity contribution >= 4 is 11.9 Å². The predicted octanol–water partition coefficient (Wildman–Crippen LogP) is 1.62. The van der Waals surface area contributed by atoms with Crippen molar-refractivity contribution in [3.63, 3.8) is 0 Å². The van der Waals surface area contributed by atoms with Crippen LogP contribution in [-0.4, -0.2) is 46.4 Å². The smallest absolute Gasteiger partial charge is 0.410 e. The first-order valence-corrected chi connectivity index (χ1v) is 6.35. The van der Waals surface area contributed by atoms with Gasteiger partial charge in [0.05, 0.1) is 0 Å². The zero-order valence-corrected chi connectivity index (χ0v) is 11.5. The van der Waals surface area contributed by atoms with Gasteiger partial charge in [-0.05, 0) is 40.0 Å². The van der Waals surface area contributed by atoms with E-state index in [0.29, 0.717) is 13.0 Å². The van der Waals surface area contributed by atoms with Crippen molar-refractivity contribution in [1.82, 2.24) is 4.90 Å². The van der Waals surface area contributed by atoms with Crippen molar-refractivity contribution < 1.29 is 19.2 Å². The summed E-state index contributed by atoms with van der Waals surface area (Å²) in [5.74, 6) is -0.532. The number of nitrogens with zero attached hydrogens (tertiary/aromatic N) is 2. The number of amides is 1. The standard InChI is InChI=1S/C12H20N2O5/c1-12(2,3)19-11(16)13-7-5-4-6-9(13)10(15)8-14(17)18/h9H,4-8H2,1-3H3. The van der Waals surface area contributed by atoms with Gasteiger partial charge < -0.3 is 4.74 Å². The Bertz CT molecular complexity index is 375. The molecular weight excluding hydrogens is 252 g/mol. The number of carbonyl (C=O) groups is 2. The molecule has 1 unspecified atom stereocenters. The second kappa shape index (κ2) is 5.99. The minimum Gasteiger partial charge on any atom is -0.444 e. The molecule has 1 saturated heterocycles. The summed E-state index contributed by atoms with van der Waals surface area (Å²) in [6, 6.07) is -0.728. The average Bonchev–Trinajstić information content (AvgIpc) is 2.25. The molecule has 1 fully saturated rings. The van der Waals surface area contributed by atoms with Gasteiger partial charge in [0, 0.05) is 11.5 Å². The first kappa shape index (κ1) is 15.4. The molecule has 108 valence electrons. The van der Waals surface area contributed by atoms with Gasteiger partial charge in [-0.2, -0.15) is 0 Å². The second-order valence-corrected chi connectivity index (χ2v) is 5.64. The monoisotopic (exact) mass is 272 g/mol. The van der Waals surface area contributed by atoms with Crippen molar-refractivity contribution in [1.29, 1.82) is 0 Å². The van der Waals surface area contributed by atoms with Crippen LogP contribution >= 0.6 is 0 Å². The zero-order chi connectivity index (χ0) is 14.6. The van der Waals surface area contributed by atoms with Gasteiger partial charge in [0.25, 0.3) is 6.54 Å². The molecule has 1 heterocycles. The highest BCUT2D eigenvalue weighted by molar-refractivity contribution is 5.88. The van der Waals surface area contributed by atoms with Gasteiger partial charge in [0.1, 0.15) is 11.6 Å². The lowest BCUT2D eigenvalue weighted by Gasteiger charge is -2.35. The van der Waals surface area contributed by atoms with Crippen molar-refractivity contribution in [2.24, 2.45) is 0 Å². The van der Waals surface area contributed by atoms with Gasteiger partial charge in [-0.15, -0.1) is 0 Å². The molecule has 7 nitrogen and oxygen atoms in total. The summed E-state index contributed by atoms with van der Waals surface area (Å²) in [5.41, 5.74) is -0.648. The van der Waals surface area contributed by atoms with Crippen molar-refractivity contribution in [3.8, 4) is 0 Å². The molecule has 1 aliphatic heterocycles. The number of piperidine rings is 1. The van der Waals surface area contributed by atoms with Gasteiger partial charge in [-0.3, -0.25) is 19.8 Å². The van der Waals surface area contributed by atoms with Gasteiger partial charge in [0.2, 0.25) is 5.78 Å². The molecule has 1 rings (SSSR count). The molecule has 0 aromatic rings. The summed E-state index contributed by atoms with van der Waals surface area (Å²) in [4.78, 5) is 34.9. The van der Waals surface area contributed by atoms with E-state index < -0.39 is 35.0 Å². The first-order valence-electron chi connectivity index (χ1n) is 6.35. The number of ketones is 1. The Morgan fingerprint density at radius 2 is 2.00 bits per heavy atom. The lowest BCUT2D eigenvalue weighted by Crippen LogP contribution is -2.51. The molecule has 0 bridgehead atoms. The van der Waals surface area contributed by atoms with Crippen molar-refractivity contribution in [2.45, 2.75) is 51.7 Å². The number of hydrogen-bond acceptors (Lipinski definition) is 5. The van der Waals surface area contributed by atoms with E-state index in [1.807, 2.05) is 0 Å². The Labute approximate surface area is 112 Å². The highest BCUT2D eigenvalue weighted by atomic mass is 16.6. The summed E-state index contributed by atoms with van der Waals surface area (Å²) in [7, 11) is 0. The molecule has 19 heavy (non-hydrogen) atoms. The van der Waals surface area contributed by atoms with E-state index >= 15 is 0 Å². The minimum absolute atomic E-state index is 0.406. The lowest BCUT2D eigenvalue weighted by molar-refractivity contribution is -0.467. The van der Waals surface area contributed by atoms with Crippen LogP contribution in [0.25, 0.3) is 0 Å². The van der Waals surface area contributed by atoms with Gasteiger partial charge >= 0.3 is 6.09 Å². The SMILES string of the molecule is CC(C)(C)OC(=O)N1CCCCC1C(=O)C[N+](=O)[O-]. The Morgan fingerprint density at radius 3 is 2.53 bits per heavy atom. The number of nitro groups is 1. The van der Waals surface area contributed by atoms with Crippen LogP contribution in [-0.2, 0) is 9.53 Å². The highest BCUT2D eigenvalue weighted by Gasteiger charge is 2.36. The number of rotatable bonds is 3. The quantitative estimate of drug-likeness (QED) is 0.575. The van der Waals surface area contributed by atoms with Gasteiger partial charge in [-0.25, -0.2) is 4.79 Å². The Hall–Kier alpha value is -1.66. The van der Waals surface area contributed by atoms with Crippen molar-refractivity contribution in [3.05, 3.63) is 10.1 Å². The van der Waals surface area contributed by atoms with Gasteiger partial charge in [0.15, 0.2) is 0 Å². The molecule has 1 amide bonds. The van der Waals surface area contributed by atoms with E-state index in [4.69, 9.17) is 4.74 Å². The van der Waals surface area contributed by atoms with Gasteiger partial charge in [-0.1, -0.05) is 0 Å². The predicted molar refractivity (Wildman–Crippen MR) is 67.4 cm³/mol. The van der Waals surface area contributed by atoms with Crippen LogP contribution in [0.5, 0.6) is 0 Å². The number of ether oxygens (including phenoxy) is 1. The van der Waals surface area contributed by atoms with E-state index in [1.54, 1.807) is 20.8 Å². The third kappa shape index (κ3) is 4.84. The molecule has 0 spiro atoms. The highest BCUT2D eigenvalue weighted by Crippen LogP contribution is 2.21. The fraction of sp³-hybridized carbons (Fsp3) is 0.833. The zero-order valence-electron chi connectivity index (χ0n) is 11.5. The fourth-order valence-corrected chi connectivity index (χ4v) is 2.04. The third-order valence-corrected chi connectivity index (χ3v) is 2.79. The molecule has 0 aromatic carbocycles. The number of likely N-dealkylation sites (tertiary alicyclic amines) is 1. The minimum atomic E-state index is -0.746. The Balaban J connectivity index is 2.74. The summed E-state index contributed by atoms with van der Waals surface area (Å²) in [6.45, 7) is 4.88. The fourth-order valence-electron chi connectivity index (χ4n) is 2.04. The largest absolute Gasteiger partial charge is 0.444 e. The average molecular weight is 272 g/mol. The van der Waals surface area contributed by atoms with Crippen LogP contribution in [0.15, 0.2) is 0 Å². The normalized spacial score (nSPS) is 19.9. The molecule has 1 atom stereocenters. The van der Waals surface area contributed by atoms with E-state index in [1.165, 1.54) is 4.90 Å². The Kier molecular flexibility index (Phi) is 4.85. The third-order valence-electron chi connectivity index (χ3n) is 2.79. The molecule has 0 saturated carbocycles. The second-order valence-electron chi connectivity index (χ2n) is 5.64. The summed E-state index contributed by atoms with van der Waals surface area (Å²) >= 11 is 0. The number of carbonyl (C=O) groups excluding carboxylic acids is 2. The first-order chi connectivity index (χ1) is 8.70. The summed E-state index contributed by atoms with van der Waals surface area (Å²) in [6.07, 6.45) is 1.45. The topological polar surface area (TPSA) is 89.8 Å². The number of Topliss-reactive ketones (excluding diaryl/α,β-unsaturated/α-hetero) is 1. The van der Waals surface area contributed by atoms with E-state index in [0.717, 1.165) is 12.8 Å².